The highest BCUT2D eigenvalue weighted by Crippen LogP contribution is 2.01. The third-order valence-electron chi connectivity index (χ3n) is 1.27. The summed E-state index contributed by atoms with van der Waals surface area (Å²) < 4.78 is 0. The first-order valence-electron chi connectivity index (χ1n) is 3.65. The number of aliphatic carboxylic acids is 1. The number of rotatable bonds is 4. The van der Waals surface area contributed by atoms with Crippen LogP contribution in [0.15, 0.2) is 23.8 Å². The normalized spacial score (nSPS) is 12.4. The molecular formula is C9H14O2. The van der Waals surface area contributed by atoms with Crippen LogP contribution in [0.3, 0.4) is 0 Å². The van der Waals surface area contributed by atoms with Gasteiger partial charge in [0.05, 0.1) is 6.42 Å². The Labute approximate surface area is 67.2 Å². The van der Waals surface area contributed by atoms with Crippen LogP contribution < -0.4 is 0 Å². The van der Waals surface area contributed by atoms with E-state index >= 15 is 0 Å². The Kier molecular flexibility index (Phi) is 5.17. The molecule has 0 heterocycles. The third kappa shape index (κ3) is 6.84. The molecule has 1 N–H and O–H groups in total. The molecule has 62 valence electrons. The van der Waals surface area contributed by atoms with Crippen molar-refractivity contribution in [2.45, 2.75) is 26.7 Å². The predicted octanol–water partition coefficient (Wildman–Crippen LogP) is 2.37. The largest absolute Gasteiger partial charge is 0.481 e. The zero-order valence-corrected chi connectivity index (χ0v) is 7.00. The van der Waals surface area contributed by atoms with Gasteiger partial charge in [-0.15, -0.1) is 0 Å². The molecule has 0 unspecified atom stereocenters. The van der Waals surface area contributed by atoms with Crippen molar-refractivity contribution in [3.8, 4) is 0 Å². The van der Waals surface area contributed by atoms with E-state index in [1.54, 1.807) is 0 Å². The van der Waals surface area contributed by atoms with Crippen LogP contribution in [0, 0.1) is 0 Å². The van der Waals surface area contributed by atoms with Crippen molar-refractivity contribution < 1.29 is 9.90 Å². The van der Waals surface area contributed by atoms with E-state index < -0.39 is 5.97 Å². The Bertz CT molecular complexity index is 178. The van der Waals surface area contributed by atoms with Crippen molar-refractivity contribution in [2.24, 2.45) is 0 Å². The van der Waals surface area contributed by atoms with Crippen molar-refractivity contribution in [1.29, 1.82) is 0 Å². The minimum Gasteiger partial charge on any atom is -0.481 e. The van der Waals surface area contributed by atoms with E-state index in [0.717, 1.165) is 12.0 Å². The summed E-state index contributed by atoms with van der Waals surface area (Å²) in [7, 11) is 0. The first kappa shape index (κ1) is 9.95. The highest BCUT2D eigenvalue weighted by molar-refractivity contribution is 5.69. The molecule has 0 atom stereocenters. The van der Waals surface area contributed by atoms with Crippen molar-refractivity contribution in [3.63, 3.8) is 0 Å². The van der Waals surface area contributed by atoms with Gasteiger partial charge in [-0.05, 0) is 20.3 Å². The number of carbonyl (C=O) groups is 1. The molecule has 0 fully saturated rings. The standard InChI is InChI=1S/C9H14O2/c1-3-4-5-6-8(2)7-9(10)11/h3-4,6H,5,7H2,1-2H3,(H,10,11)/b4-3+,8-6+. The summed E-state index contributed by atoms with van der Waals surface area (Å²) in [6, 6.07) is 0. The van der Waals surface area contributed by atoms with Gasteiger partial charge in [0.2, 0.25) is 0 Å². The van der Waals surface area contributed by atoms with Gasteiger partial charge in [-0.2, -0.15) is 0 Å². The molecular weight excluding hydrogens is 140 g/mol. The van der Waals surface area contributed by atoms with Crippen molar-refractivity contribution in [3.05, 3.63) is 23.8 Å². The summed E-state index contributed by atoms with van der Waals surface area (Å²) in [6.45, 7) is 3.78. The van der Waals surface area contributed by atoms with Gasteiger partial charge < -0.3 is 5.11 Å². The summed E-state index contributed by atoms with van der Waals surface area (Å²) in [5.74, 6) is -0.765. The lowest BCUT2D eigenvalue weighted by Gasteiger charge is -1.92. The Hall–Kier alpha value is -1.05. The average Bonchev–Trinajstić information content (AvgIpc) is 1.86. The van der Waals surface area contributed by atoms with Crippen molar-refractivity contribution in [1.82, 2.24) is 0 Å². The van der Waals surface area contributed by atoms with Gasteiger partial charge in [0.15, 0.2) is 0 Å². The van der Waals surface area contributed by atoms with Crippen LogP contribution in [0.25, 0.3) is 0 Å². The maximum atomic E-state index is 10.2. The fourth-order valence-electron chi connectivity index (χ4n) is 0.716. The maximum absolute atomic E-state index is 10.2. The van der Waals surface area contributed by atoms with E-state index in [1.165, 1.54) is 0 Å². The molecule has 0 spiro atoms. The average molecular weight is 154 g/mol. The Morgan fingerprint density at radius 2 is 2.18 bits per heavy atom. The summed E-state index contributed by atoms with van der Waals surface area (Å²) >= 11 is 0. The summed E-state index contributed by atoms with van der Waals surface area (Å²) in [5.41, 5.74) is 0.913. The lowest BCUT2D eigenvalue weighted by Crippen LogP contribution is -1.94. The monoisotopic (exact) mass is 154 g/mol. The van der Waals surface area contributed by atoms with Gasteiger partial charge in [-0.3, -0.25) is 4.79 Å². The first-order chi connectivity index (χ1) is 5.16. The van der Waals surface area contributed by atoms with Gasteiger partial charge in [-0.25, -0.2) is 0 Å². The van der Waals surface area contributed by atoms with Gasteiger partial charge in [-0.1, -0.05) is 23.8 Å². The van der Waals surface area contributed by atoms with Crippen LogP contribution >= 0.6 is 0 Å². The van der Waals surface area contributed by atoms with Crippen LogP contribution in [0.2, 0.25) is 0 Å². The van der Waals surface area contributed by atoms with Gasteiger partial charge in [0, 0.05) is 0 Å². The molecule has 2 heteroatoms. The van der Waals surface area contributed by atoms with Crippen LogP contribution in [-0.2, 0) is 4.79 Å². The SMILES string of the molecule is C/C=C/C/C=C(\C)CC(=O)O. The summed E-state index contributed by atoms with van der Waals surface area (Å²) in [6.07, 6.45) is 6.84. The maximum Gasteiger partial charge on any atom is 0.307 e. The van der Waals surface area contributed by atoms with Crippen LogP contribution in [0.4, 0.5) is 0 Å². The highest BCUT2D eigenvalue weighted by Gasteiger charge is 1.95. The number of carboxylic acid groups (broad SMARTS) is 1. The molecule has 0 rings (SSSR count). The van der Waals surface area contributed by atoms with Crippen LogP contribution in [0.5, 0.6) is 0 Å². The molecule has 0 aliphatic carbocycles. The second kappa shape index (κ2) is 5.71. The highest BCUT2D eigenvalue weighted by atomic mass is 16.4. The minimum absolute atomic E-state index is 0.150. The molecule has 0 amide bonds. The number of carboxylic acids is 1. The molecule has 0 aromatic carbocycles. The molecule has 0 bridgehead atoms. The number of hydrogen-bond donors (Lipinski definition) is 1. The Balaban J connectivity index is 3.71. The molecule has 2 nitrogen and oxygen atoms in total. The molecule has 0 saturated carbocycles. The van der Waals surface area contributed by atoms with E-state index in [-0.39, 0.29) is 6.42 Å². The number of allylic oxidation sites excluding steroid dienone is 3. The topological polar surface area (TPSA) is 37.3 Å². The fourth-order valence-corrected chi connectivity index (χ4v) is 0.716. The van der Waals surface area contributed by atoms with Crippen molar-refractivity contribution in [2.75, 3.05) is 0 Å². The fraction of sp³-hybridized carbons (Fsp3) is 0.444. The van der Waals surface area contributed by atoms with Crippen LogP contribution in [0.1, 0.15) is 26.7 Å². The zero-order chi connectivity index (χ0) is 8.69. The van der Waals surface area contributed by atoms with E-state index in [9.17, 15) is 4.79 Å². The van der Waals surface area contributed by atoms with Gasteiger partial charge >= 0.3 is 5.97 Å². The van der Waals surface area contributed by atoms with Gasteiger partial charge in [0.1, 0.15) is 0 Å². The lowest BCUT2D eigenvalue weighted by molar-refractivity contribution is -0.136. The summed E-state index contributed by atoms with van der Waals surface area (Å²) in [5, 5.41) is 8.38. The van der Waals surface area contributed by atoms with Gasteiger partial charge in [0.25, 0.3) is 0 Å². The molecule has 0 aromatic rings. The van der Waals surface area contributed by atoms with Crippen molar-refractivity contribution >= 4 is 5.97 Å². The molecule has 0 aliphatic heterocycles. The quantitative estimate of drug-likeness (QED) is 0.631. The second-order valence-corrected chi connectivity index (χ2v) is 2.43. The smallest absolute Gasteiger partial charge is 0.307 e. The molecule has 0 radical (unpaired) electrons. The lowest BCUT2D eigenvalue weighted by atomic mass is 10.2. The number of hydrogen-bond acceptors (Lipinski definition) is 1. The van der Waals surface area contributed by atoms with Crippen LogP contribution in [-0.4, -0.2) is 11.1 Å². The molecule has 0 saturated heterocycles. The predicted molar refractivity (Wildman–Crippen MR) is 45.4 cm³/mol. The first-order valence-corrected chi connectivity index (χ1v) is 3.65. The zero-order valence-electron chi connectivity index (χ0n) is 7.00. The minimum atomic E-state index is -0.765. The van der Waals surface area contributed by atoms with E-state index in [1.807, 2.05) is 32.1 Å². The van der Waals surface area contributed by atoms with E-state index in [2.05, 4.69) is 0 Å². The Morgan fingerprint density at radius 1 is 1.55 bits per heavy atom. The summed E-state index contributed by atoms with van der Waals surface area (Å²) in [4.78, 5) is 10.2. The third-order valence-corrected chi connectivity index (χ3v) is 1.27. The van der Waals surface area contributed by atoms with E-state index in [0.29, 0.717) is 0 Å². The second-order valence-electron chi connectivity index (χ2n) is 2.43. The van der Waals surface area contributed by atoms with E-state index in [4.69, 9.17) is 5.11 Å². The Morgan fingerprint density at radius 3 is 2.64 bits per heavy atom. The molecule has 0 aliphatic rings. The molecule has 0 aromatic heterocycles. The molecule has 11 heavy (non-hydrogen) atoms.